The highest BCUT2D eigenvalue weighted by atomic mass is 32.1. The summed E-state index contributed by atoms with van der Waals surface area (Å²) < 4.78 is 6.82. The van der Waals surface area contributed by atoms with Crippen LogP contribution in [0.15, 0.2) is 41.7 Å². The van der Waals surface area contributed by atoms with Crippen molar-refractivity contribution < 1.29 is 4.74 Å². The van der Waals surface area contributed by atoms with E-state index in [1.165, 1.54) is 0 Å². The Balaban J connectivity index is 1.36. The summed E-state index contributed by atoms with van der Waals surface area (Å²) in [4.78, 5) is 23.2. The molecule has 1 aliphatic rings. The molecule has 0 aromatic carbocycles. The van der Waals surface area contributed by atoms with Crippen LogP contribution in [0, 0.1) is 5.92 Å². The third-order valence-corrected chi connectivity index (χ3v) is 5.88. The topological polar surface area (TPSA) is 86.0 Å². The summed E-state index contributed by atoms with van der Waals surface area (Å²) in [5, 5.41) is 10.3. The van der Waals surface area contributed by atoms with E-state index in [4.69, 9.17) is 4.74 Å². The van der Waals surface area contributed by atoms with Crippen molar-refractivity contribution in [1.29, 1.82) is 0 Å². The highest BCUT2D eigenvalue weighted by Crippen LogP contribution is 2.27. The van der Waals surface area contributed by atoms with Crippen molar-refractivity contribution in [2.75, 3.05) is 25.1 Å². The minimum absolute atomic E-state index is 0.0161. The quantitative estimate of drug-likeness (QED) is 0.629. The second kappa shape index (κ2) is 8.57. The van der Waals surface area contributed by atoms with Gasteiger partial charge in [0.2, 0.25) is 5.13 Å². The molecule has 0 radical (unpaired) electrons. The lowest BCUT2D eigenvalue weighted by molar-refractivity contribution is 0.184. The minimum atomic E-state index is -0.0161. The maximum atomic E-state index is 12.5. The molecule has 0 spiro atoms. The number of piperidine rings is 1. The molecule has 0 saturated carbocycles. The Hall–Kier alpha value is -2.65. The Morgan fingerprint density at radius 1 is 1.21 bits per heavy atom. The van der Waals surface area contributed by atoms with Gasteiger partial charge in [-0.1, -0.05) is 11.3 Å². The number of hydrogen-bond acceptors (Lipinski definition) is 8. The van der Waals surface area contributed by atoms with Gasteiger partial charge in [0.1, 0.15) is 11.6 Å². The van der Waals surface area contributed by atoms with Gasteiger partial charge in [-0.25, -0.2) is 4.98 Å². The highest BCUT2D eigenvalue weighted by Gasteiger charge is 2.22. The molecule has 28 heavy (non-hydrogen) atoms. The van der Waals surface area contributed by atoms with Crippen LogP contribution in [0.5, 0.6) is 0 Å². The molecular weight excluding hydrogens is 376 g/mol. The Bertz CT molecular complexity index is 966. The average molecular weight is 398 g/mol. The number of hydrogen-bond donors (Lipinski definition) is 0. The van der Waals surface area contributed by atoms with E-state index in [1.54, 1.807) is 47.8 Å². The first-order valence-corrected chi connectivity index (χ1v) is 10.1. The molecule has 8 nitrogen and oxygen atoms in total. The van der Waals surface area contributed by atoms with Gasteiger partial charge in [0, 0.05) is 50.8 Å². The van der Waals surface area contributed by atoms with E-state index in [2.05, 4.69) is 25.1 Å². The summed E-state index contributed by atoms with van der Waals surface area (Å²) in [6.07, 6.45) is 7.08. The molecule has 4 rings (SSSR count). The van der Waals surface area contributed by atoms with Crippen LogP contribution in [-0.4, -0.2) is 44.9 Å². The Kier molecular flexibility index (Phi) is 5.73. The predicted octanol–water partition coefficient (Wildman–Crippen LogP) is 2.22. The molecule has 0 aliphatic carbocycles. The number of nitrogens with zero attached hydrogens (tertiary/aromatic N) is 6. The average Bonchev–Trinajstić information content (AvgIpc) is 3.20. The van der Waals surface area contributed by atoms with E-state index < -0.39 is 0 Å². The maximum absolute atomic E-state index is 12.5. The van der Waals surface area contributed by atoms with Gasteiger partial charge in [0.05, 0.1) is 12.0 Å². The van der Waals surface area contributed by atoms with Crippen molar-refractivity contribution in [1.82, 2.24) is 24.7 Å². The number of ether oxygens (including phenoxy) is 1. The van der Waals surface area contributed by atoms with Gasteiger partial charge < -0.3 is 9.64 Å². The molecular formula is C19H22N6O2S. The summed E-state index contributed by atoms with van der Waals surface area (Å²) in [5.41, 5.74) is 1.57. The predicted molar refractivity (Wildman–Crippen MR) is 107 cm³/mol. The first-order valence-electron chi connectivity index (χ1n) is 9.26. The Morgan fingerprint density at radius 2 is 2.00 bits per heavy atom. The van der Waals surface area contributed by atoms with Gasteiger partial charge in [0.15, 0.2) is 0 Å². The van der Waals surface area contributed by atoms with Crippen molar-refractivity contribution in [2.24, 2.45) is 5.92 Å². The van der Waals surface area contributed by atoms with Gasteiger partial charge in [-0.2, -0.15) is 0 Å². The first-order chi connectivity index (χ1) is 13.7. The van der Waals surface area contributed by atoms with Crippen LogP contribution < -0.4 is 10.5 Å². The van der Waals surface area contributed by atoms with Gasteiger partial charge >= 0.3 is 0 Å². The molecule has 3 aromatic rings. The fraction of sp³-hybridized carbons (Fsp3) is 0.421. The van der Waals surface area contributed by atoms with E-state index in [9.17, 15) is 4.79 Å². The normalized spacial score (nSPS) is 15.1. The zero-order valence-corrected chi connectivity index (χ0v) is 16.5. The zero-order chi connectivity index (χ0) is 19.3. The molecule has 0 unspecified atom stereocenters. The molecule has 0 atom stereocenters. The molecule has 1 fully saturated rings. The molecule has 0 amide bonds. The molecule has 1 aliphatic heterocycles. The van der Waals surface area contributed by atoms with Crippen molar-refractivity contribution in [3.05, 3.63) is 52.3 Å². The van der Waals surface area contributed by atoms with Crippen LogP contribution in [0.3, 0.4) is 0 Å². The second-order valence-corrected chi connectivity index (χ2v) is 7.88. The standard InChI is InChI=1S/C19H22N6O2S/c1-27-12-17-22-23-19(28-17)24-8-4-14(5-9-24)11-25-13-21-16(10-18(25)26)15-2-6-20-7-3-15/h2-3,6-7,10,13-14H,4-5,8-9,11-12H2,1H3. The second-order valence-electron chi connectivity index (χ2n) is 6.84. The van der Waals surface area contributed by atoms with Gasteiger partial charge in [0.25, 0.3) is 5.56 Å². The van der Waals surface area contributed by atoms with Crippen LogP contribution >= 0.6 is 11.3 Å². The van der Waals surface area contributed by atoms with Gasteiger partial charge in [-0.05, 0) is 30.9 Å². The number of pyridine rings is 1. The lowest BCUT2D eigenvalue weighted by atomic mass is 9.97. The maximum Gasteiger partial charge on any atom is 0.253 e. The summed E-state index contributed by atoms with van der Waals surface area (Å²) in [6, 6.07) is 5.31. The van der Waals surface area contributed by atoms with E-state index in [0.29, 0.717) is 24.8 Å². The lowest BCUT2D eigenvalue weighted by Gasteiger charge is -2.31. The van der Waals surface area contributed by atoms with E-state index >= 15 is 0 Å². The molecule has 9 heteroatoms. The molecule has 3 aromatic heterocycles. The number of rotatable bonds is 6. The number of methoxy groups -OCH3 is 1. The fourth-order valence-corrected chi connectivity index (χ4v) is 4.25. The first kappa shape index (κ1) is 18.7. The number of aromatic nitrogens is 5. The smallest absolute Gasteiger partial charge is 0.253 e. The van der Waals surface area contributed by atoms with Gasteiger partial charge in [-0.15, -0.1) is 10.2 Å². The third kappa shape index (κ3) is 4.26. The summed E-state index contributed by atoms with van der Waals surface area (Å²) in [5.74, 6) is 0.453. The Labute approximate surface area is 166 Å². The minimum Gasteiger partial charge on any atom is -0.377 e. The van der Waals surface area contributed by atoms with Crippen LogP contribution in [0.4, 0.5) is 5.13 Å². The van der Waals surface area contributed by atoms with E-state index in [-0.39, 0.29) is 5.56 Å². The van der Waals surface area contributed by atoms with Crippen LogP contribution in [0.25, 0.3) is 11.3 Å². The molecule has 146 valence electrons. The molecule has 4 heterocycles. The van der Waals surface area contributed by atoms with E-state index in [1.807, 2.05) is 12.1 Å². The molecule has 1 saturated heterocycles. The lowest BCUT2D eigenvalue weighted by Crippen LogP contribution is -2.36. The summed E-state index contributed by atoms with van der Waals surface area (Å²) in [7, 11) is 1.66. The largest absolute Gasteiger partial charge is 0.377 e. The van der Waals surface area contributed by atoms with E-state index in [0.717, 1.165) is 41.6 Å². The Morgan fingerprint density at radius 3 is 2.71 bits per heavy atom. The summed E-state index contributed by atoms with van der Waals surface area (Å²) >= 11 is 1.58. The van der Waals surface area contributed by atoms with Crippen molar-refractivity contribution in [3.63, 3.8) is 0 Å². The third-order valence-electron chi connectivity index (χ3n) is 4.92. The van der Waals surface area contributed by atoms with Crippen molar-refractivity contribution in [2.45, 2.75) is 26.0 Å². The van der Waals surface area contributed by atoms with Crippen LogP contribution in [0.2, 0.25) is 0 Å². The summed E-state index contributed by atoms with van der Waals surface area (Å²) in [6.45, 7) is 3.04. The molecule has 0 bridgehead atoms. The van der Waals surface area contributed by atoms with Gasteiger partial charge in [-0.3, -0.25) is 14.3 Å². The fourth-order valence-electron chi connectivity index (χ4n) is 3.38. The van der Waals surface area contributed by atoms with Crippen LogP contribution in [0.1, 0.15) is 17.8 Å². The zero-order valence-electron chi connectivity index (χ0n) is 15.7. The number of anilines is 1. The SMILES string of the molecule is COCc1nnc(N2CCC(Cn3cnc(-c4ccncc4)cc3=O)CC2)s1. The van der Waals surface area contributed by atoms with Crippen LogP contribution in [-0.2, 0) is 17.9 Å². The van der Waals surface area contributed by atoms with Crippen molar-refractivity contribution >= 4 is 16.5 Å². The molecule has 0 N–H and O–H groups in total. The van der Waals surface area contributed by atoms with Crippen molar-refractivity contribution in [3.8, 4) is 11.3 Å². The highest BCUT2D eigenvalue weighted by molar-refractivity contribution is 7.15. The monoisotopic (exact) mass is 398 g/mol.